The summed E-state index contributed by atoms with van der Waals surface area (Å²) in [6, 6.07) is 5.32. The van der Waals surface area contributed by atoms with Gasteiger partial charge < -0.3 is 10.4 Å². The molecule has 1 atom stereocenters. The maximum Gasteiger partial charge on any atom is 0.334 e. The maximum atomic E-state index is 12.3. The van der Waals surface area contributed by atoms with E-state index < -0.39 is 30.0 Å². The Morgan fingerprint density at radius 3 is 2.30 bits per heavy atom. The molecule has 1 heterocycles. The van der Waals surface area contributed by atoms with E-state index in [-0.39, 0.29) is 13.1 Å². The van der Waals surface area contributed by atoms with Gasteiger partial charge in [-0.3, -0.25) is 9.69 Å². The summed E-state index contributed by atoms with van der Waals surface area (Å²) in [7, 11) is 0. The van der Waals surface area contributed by atoms with Gasteiger partial charge in [-0.25, -0.2) is 19.3 Å². The minimum Gasteiger partial charge on any atom is -0.479 e. The number of carboxylic acid groups (broad SMARTS) is 1. The van der Waals surface area contributed by atoms with Crippen molar-refractivity contribution in [2.24, 2.45) is 0 Å². The summed E-state index contributed by atoms with van der Waals surface area (Å²) in [6.45, 7) is 1.62. The topological polar surface area (TPSA) is 107 Å². The fourth-order valence-electron chi connectivity index (χ4n) is 2.34. The van der Waals surface area contributed by atoms with Crippen molar-refractivity contribution < 1.29 is 24.3 Å². The number of carbonyl (C=O) groups is 4. The van der Waals surface area contributed by atoms with Crippen molar-refractivity contribution in [2.75, 3.05) is 13.1 Å². The zero-order valence-corrected chi connectivity index (χ0v) is 12.6. The highest BCUT2D eigenvalue weighted by atomic mass is 16.4. The Bertz CT molecular complexity index is 631. The quantitative estimate of drug-likeness (QED) is 0.870. The zero-order valence-electron chi connectivity index (χ0n) is 12.6. The molecule has 0 saturated carbocycles. The smallest absolute Gasteiger partial charge is 0.334 e. The summed E-state index contributed by atoms with van der Waals surface area (Å²) in [5.41, 5.74) is 0.390. The first-order chi connectivity index (χ1) is 10.9. The molecule has 8 heteroatoms. The monoisotopic (exact) mass is 319 g/mol. The molecule has 1 saturated heterocycles. The van der Waals surface area contributed by atoms with E-state index in [1.807, 2.05) is 0 Å². The second kappa shape index (κ2) is 6.91. The molecule has 1 aliphatic rings. The van der Waals surface area contributed by atoms with Crippen LogP contribution >= 0.6 is 0 Å². The van der Waals surface area contributed by atoms with Crippen molar-refractivity contribution in [3.8, 4) is 0 Å². The first kappa shape index (κ1) is 16.5. The number of aliphatic carboxylic acids is 1. The third-order valence-electron chi connectivity index (χ3n) is 3.50. The third kappa shape index (κ3) is 3.65. The van der Waals surface area contributed by atoms with Crippen molar-refractivity contribution in [1.82, 2.24) is 15.1 Å². The van der Waals surface area contributed by atoms with Gasteiger partial charge in [0.15, 0.2) is 6.04 Å². The summed E-state index contributed by atoms with van der Waals surface area (Å²) in [5, 5.41) is 11.6. The highest BCUT2D eigenvalue weighted by molar-refractivity contribution is 6.02. The number of nitrogens with zero attached hydrogens (tertiary/aromatic N) is 2. The van der Waals surface area contributed by atoms with Crippen molar-refractivity contribution in [3.05, 3.63) is 35.9 Å². The Labute approximate surface area is 132 Å². The lowest BCUT2D eigenvalue weighted by atomic mass is 10.1. The Hall–Kier alpha value is -2.90. The maximum absolute atomic E-state index is 12.3. The fraction of sp³-hybridized carbons (Fsp3) is 0.333. The van der Waals surface area contributed by atoms with Crippen LogP contribution in [-0.2, 0) is 9.59 Å². The van der Waals surface area contributed by atoms with Crippen molar-refractivity contribution in [2.45, 2.75) is 19.4 Å². The van der Waals surface area contributed by atoms with Crippen LogP contribution in [0.4, 0.5) is 9.59 Å². The second-order valence-corrected chi connectivity index (χ2v) is 5.09. The Kier molecular flexibility index (Phi) is 4.95. The van der Waals surface area contributed by atoms with E-state index in [9.17, 15) is 24.3 Å². The molecule has 0 bridgehead atoms. The molecular formula is C15H17N3O5. The summed E-state index contributed by atoms with van der Waals surface area (Å²) < 4.78 is 0. The van der Waals surface area contributed by atoms with Gasteiger partial charge in [-0.2, -0.15) is 0 Å². The van der Waals surface area contributed by atoms with Gasteiger partial charge in [0, 0.05) is 20.0 Å². The van der Waals surface area contributed by atoms with E-state index in [2.05, 4.69) is 5.32 Å². The molecular weight excluding hydrogens is 302 g/mol. The average molecular weight is 319 g/mol. The molecule has 0 spiro atoms. The van der Waals surface area contributed by atoms with Gasteiger partial charge in [0.2, 0.25) is 5.91 Å². The standard InChI is InChI=1S/C15H17N3O5/c1-10(19)17-8-5-9-18(15(17)23)14(22)16-12(13(20)21)11-6-3-2-4-7-11/h2-4,6-7,12H,5,8-9H2,1H3,(H,16,22)(H,20,21). The fourth-order valence-corrected chi connectivity index (χ4v) is 2.34. The predicted molar refractivity (Wildman–Crippen MR) is 79.5 cm³/mol. The number of nitrogens with one attached hydrogen (secondary N) is 1. The number of carboxylic acids is 1. The minimum absolute atomic E-state index is 0.134. The van der Waals surface area contributed by atoms with Crippen LogP contribution in [0.2, 0.25) is 0 Å². The van der Waals surface area contributed by atoms with E-state index in [0.29, 0.717) is 12.0 Å². The van der Waals surface area contributed by atoms with Crippen LogP contribution in [0.25, 0.3) is 0 Å². The van der Waals surface area contributed by atoms with Gasteiger partial charge in [-0.1, -0.05) is 30.3 Å². The number of imide groups is 2. The van der Waals surface area contributed by atoms with Crippen molar-refractivity contribution in [3.63, 3.8) is 0 Å². The highest BCUT2D eigenvalue weighted by Crippen LogP contribution is 2.15. The lowest BCUT2D eigenvalue weighted by Crippen LogP contribution is -2.56. The normalized spacial score (nSPS) is 16.0. The lowest BCUT2D eigenvalue weighted by molar-refractivity contribution is -0.139. The van der Waals surface area contributed by atoms with Crippen LogP contribution in [0.1, 0.15) is 24.9 Å². The van der Waals surface area contributed by atoms with E-state index in [4.69, 9.17) is 0 Å². The van der Waals surface area contributed by atoms with Gasteiger partial charge in [-0.05, 0) is 12.0 Å². The molecule has 1 unspecified atom stereocenters. The molecule has 1 aromatic rings. The average Bonchev–Trinajstić information content (AvgIpc) is 2.52. The predicted octanol–water partition coefficient (Wildman–Crippen LogP) is 1.20. The van der Waals surface area contributed by atoms with Crippen LogP contribution < -0.4 is 5.32 Å². The number of hydrogen-bond donors (Lipinski definition) is 2. The van der Waals surface area contributed by atoms with Gasteiger partial charge >= 0.3 is 18.0 Å². The molecule has 2 N–H and O–H groups in total. The number of urea groups is 2. The van der Waals surface area contributed by atoms with Crippen LogP contribution in [0, 0.1) is 0 Å². The van der Waals surface area contributed by atoms with Crippen LogP contribution in [0.15, 0.2) is 30.3 Å². The van der Waals surface area contributed by atoms with Crippen LogP contribution in [0.5, 0.6) is 0 Å². The van der Waals surface area contributed by atoms with Gasteiger partial charge in [-0.15, -0.1) is 0 Å². The third-order valence-corrected chi connectivity index (χ3v) is 3.50. The Morgan fingerprint density at radius 2 is 1.74 bits per heavy atom. The first-order valence-corrected chi connectivity index (χ1v) is 7.09. The molecule has 0 aliphatic carbocycles. The Morgan fingerprint density at radius 1 is 1.13 bits per heavy atom. The molecule has 8 nitrogen and oxygen atoms in total. The molecule has 0 radical (unpaired) electrons. The number of rotatable bonds is 3. The number of hydrogen-bond acceptors (Lipinski definition) is 4. The summed E-state index contributed by atoms with van der Waals surface area (Å²) >= 11 is 0. The summed E-state index contributed by atoms with van der Waals surface area (Å²) in [4.78, 5) is 49.0. The second-order valence-electron chi connectivity index (χ2n) is 5.09. The molecule has 1 aromatic carbocycles. The van der Waals surface area contributed by atoms with E-state index in [0.717, 1.165) is 9.80 Å². The van der Waals surface area contributed by atoms with E-state index in [1.54, 1.807) is 30.3 Å². The lowest BCUT2D eigenvalue weighted by Gasteiger charge is -2.33. The van der Waals surface area contributed by atoms with Crippen molar-refractivity contribution in [1.29, 1.82) is 0 Å². The largest absolute Gasteiger partial charge is 0.479 e. The zero-order chi connectivity index (χ0) is 17.0. The van der Waals surface area contributed by atoms with Crippen molar-refractivity contribution >= 4 is 23.9 Å². The van der Waals surface area contributed by atoms with Crippen LogP contribution in [0.3, 0.4) is 0 Å². The number of carbonyl (C=O) groups excluding carboxylic acids is 3. The highest BCUT2D eigenvalue weighted by Gasteiger charge is 2.34. The summed E-state index contributed by atoms with van der Waals surface area (Å²) in [5.74, 6) is -1.69. The van der Waals surface area contributed by atoms with E-state index >= 15 is 0 Å². The van der Waals surface area contributed by atoms with Gasteiger partial charge in [0.1, 0.15) is 0 Å². The molecule has 1 aliphatic heterocycles. The first-order valence-electron chi connectivity index (χ1n) is 7.09. The number of benzene rings is 1. The van der Waals surface area contributed by atoms with Crippen LogP contribution in [-0.4, -0.2) is 51.9 Å². The molecule has 122 valence electrons. The molecule has 5 amide bonds. The molecule has 1 fully saturated rings. The molecule has 23 heavy (non-hydrogen) atoms. The summed E-state index contributed by atoms with van der Waals surface area (Å²) in [6.07, 6.45) is 0.446. The molecule has 2 rings (SSSR count). The minimum atomic E-state index is -1.27. The molecule has 0 aromatic heterocycles. The number of amides is 5. The van der Waals surface area contributed by atoms with Gasteiger partial charge in [0.05, 0.1) is 0 Å². The SMILES string of the molecule is CC(=O)N1CCCN(C(=O)NC(C(=O)O)c2ccccc2)C1=O. The van der Waals surface area contributed by atoms with E-state index in [1.165, 1.54) is 6.92 Å². The Balaban J connectivity index is 2.14. The van der Waals surface area contributed by atoms with Gasteiger partial charge in [0.25, 0.3) is 0 Å².